The molecule has 0 aliphatic carbocycles. The lowest BCUT2D eigenvalue weighted by molar-refractivity contribution is 0.0572. The Kier molecular flexibility index (Phi) is 4.16. The van der Waals surface area contributed by atoms with Gasteiger partial charge in [-0.1, -0.05) is 0 Å². The van der Waals surface area contributed by atoms with Crippen LogP contribution in [-0.2, 0) is 0 Å². The fourth-order valence-corrected chi connectivity index (χ4v) is 2.38. The van der Waals surface area contributed by atoms with Crippen molar-refractivity contribution in [2.24, 2.45) is 0 Å². The predicted molar refractivity (Wildman–Crippen MR) is 62.4 cm³/mol. The predicted octanol–water partition coefficient (Wildman–Crippen LogP) is -1.73. The molecule has 0 saturated carbocycles. The molecular weight excluding hydrogens is 206 g/mol. The summed E-state index contributed by atoms with van der Waals surface area (Å²) in [7, 11) is 2.16. The maximum atomic E-state index is 9.43. The molecule has 2 aliphatic heterocycles. The SMILES string of the molecule is CN1CCN(CCN2C[C@@H](O)[C@@H](O)C2)CC1. The molecule has 0 aromatic carbocycles. The summed E-state index contributed by atoms with van der Waals surface area (Å²) < 4.78 is 0. The molecule has 5 nitrogen and oxygen atoms in total. The van der Waals surface area contributed by atoms with Crippen molar-refractivity contribution in [3.63, 3.8) is 0 Å². The van der Waals surface area contributed by atoms with Crippen molar-refractivity contribution in [2.45, 2.75) is 12.2 Å². The highest BCUT2D eigenvalue weighted by Gasteiger charge is 2.29. The fourth-order valence-electron chi connectivity index (χ4n) is 2.38. The average molecular weight is 229 g/mol. The van der Waals surface area contributed by atoms with Gasteiger partial charge in [-0.05, 0) is 7.05 Å². The molecule has 2 saturated heterocycles. The molecule has 2 fully saturated rings. The lowest BCUT2D eigenvalue weighted by atomic mass is 10.3. The number of nitrogens with zero attached hydrogens (tertiary/aromatic N) is 3. The van der Waals surface area contributed by atoms with E-state index in [0.717, 1.165) is 39.3 Å². The van der Waals surface area contributed by atoms with Crippen LogP contribution in [0, 0.1) is 0 Å². The van der Waals surface area contributed by atoms with Crippen molar-refractivity contribution >= 4 is 0 Å². The minimum absolute atomic E-state index is 0.549. The summed E-state index contributed by atoms with van der Waals surface area (Å²) in [4.78, 5) is 6.95. The van der Waals surface area contributed by atoms with Gasteiger partial charge in [-0.15, -0.1) is 0 Å². The molecule has 2 aliphatic rings. The number of hydrogen-bond donors (Lipinski definition) is 2. The lowest BCUT2D eigenvalue weighted by Gasteiger charge is -2.33. The van der Waals surface area contributed by atoms with Crippen LogP contribution >= 0.6 is 0 Å². The zero-order valence-electron chi connectivity index (χ0n) is 10.0. The monoisotopic (exact) mass is 229 g/mol. The highest BCUT2D eigenvalue weighted by molar-refractivity contribution is 4.83. The molecule has 2 heterocycles. The van der Waals surface area contributed by atoms with E-state index in [-0.39, 0.29) is 0 Å². The highest BCUT2D eigenvalue weighted by atomic mass is 16.3. The Bertz CT molecular complexity index is 209. The number of hydrogen-bond acceptors (Lipinski definition) is 5. The molecule has 0 bridgehead atoms. The first-order chi connectivity index (χ1) is 7.65. The summed E-state index contributed by atoms with van der Waals surface area (Å²) in [5, 5.41) is 18.9. The standard InChI is InChI=1S/C11H23N3O2/c1-12-2-4-13(5-3-12)6-7-14-8-10(15)11(16)9-14/h10-11,15-16H,2-9H2,1H3/t10-,11+. The van der Waals surface area contributed by atoms with Crippen molar-refractivity contribution in [1.82, 2.24) is 14.7 Å². The third-order valence-electron chi connectivity index (χ3n) is 3.66. The Labute approximate surface area is 97.2 Å². The molecule has 0 unspecified atom stereocenters. The third-order valence-corrected chi connectivity index (χ3v) is 3.66. The van der Waals surface area contributed by atoms with Gasteiger partial charge in [0.25, 0.3) is 0 Å². The molecule has 0 radical (unpaired) electrons. The smallest absolute Gasteiger partial charge is 0.0938 e. The van der Waals surface area contributed by atoms with Crippen LogP contribution in [0.15, 0.2) is 0 Å². The van der Waals surface area contributed by atoms with Gasteiger partial charge < -0.3 is 15.1 Å². The highest BCUT2D eigenvalue weighted by Crippen LogP contribution is 2.09. The average Bonchev–Trinajstić information content (AvgIpc) is 2.58. The number of β-amino-alcohol motifs (C(OH)–C–C–N with tert-alkyl or cyclic N) is 2. The van der Waals surface area contributed by atoms with Gasteiger partial charge in [0.1, 0.15) is 0 Å². The van der Waals surface area contributed by atoms with Crippen molar-refractivity contribution in [2.75, 3.05) is 59.4 Å². The van der Waals surface area contributed by atoms with Gasteiger partial charge in [0.2, 0.25) is 0 Å². The number of likely N-dealkylation sites (N-methyl/N-ethyl adjacent to an activating group) is 1. The maximum Gasteiger partial charge on any atom is 0.0938 e. The largest absolute Gasteiger partial charge is 0.389 e. The second-order valence-electron chi connectivity index (χ2n) is 5.04. The van der Waals surface area contributed by atoms with Gasteiger partial charge in [0.05, 0.1) is 12.2 Å². The first kappa shape index (κ1) is 12.3. The number of aliphatic hydroxyl groups excluding tert-OH is 2. The Morgan fingerprint density at radius 2 is 1.38 bits per heavy atom. The van der Waals surface area contributed by atoms with Crippen molar-refractivity contribution in [3.8, 4) is 0 Å². The van der Waals surface area contributed by atoms with E-state index in [9.17, 15) is 10.2 Å². The Morgan fingerprint density at radius 3 is 1.94 bits per heavy atom. The summed E-state index contributed by atoms with van der Waals surface area (Å²) in [5.41, 5.74) is 0. The molecule has 94 valence electrons. The molecular formula is C11H23N3O2. The van der Waals surface area contributed by atoms with Crippen LogP contribution < -0.4 is 0 Å². The fraction of sp³-hybridized carbons (Fsp3) is 1.00. The van der Waals surface area contributed by atoms with E-state index in [4.69, 9.17) is 0 Å². The minimum Gasteiger partial charge on any atom is -0.389 e. The normalized spacial score (nSPS) is 34.7. The maximum absolute atomic E-state index is 9.43. The molecule has 2 N–H and O–H groups in total. The van der Waals surface area contributed by atoms with Gasteiger partial charge in [-0.3, -0.25) is 9.80 Å². The van der Waals surface area contributed by atoms with E-state index in [0.29, 0.717) is 13.1 Å². The number of rotatable bonds is 3. The minimum atomic E-state index is -0.549. The second-order valence-corrected chi connectivity index (χ2v) is 5.04. The molecule has 0 amide bonds. The van der Waals surface area contributed by atoms with Gasteiger partial charge in [0.15, 0.2) is 0 Å². The quantitative estimate of drug-likeness (QED) is 0.602. The van der Waals surface area contributed by atoms with Gasteiger partial charge in [0, 0.05) is 52.4 Å². The molecule has 16 heavy (non-hydrogen) atoms. The summed E-state index contributed by atoms with van der Waals surface area (Å²) in [6.07, 6.45) is -1.10. The van der Waals surface area contributed by atoms with E-state index in [1.807, 2.05) is 0 Å². The van der Waals surface area contributed by atoms with E-state index in [1.54, 1.807) is 0 Å². The van der Waals surface area contributed by atoms with E-state index in [1.165, 1.54) is 0 Å². The Balaban J connectivity index is 1.64. The van der Waals surface area contributed by atoms with Gasteiger partial charge in [-0.2, -0.15) is 0 Å². The van der Waals surface area contributed by atoms with Crippen molar-refractivity contribution in [3.05, 3.63) is 0 Å². The van der Waals surface area contributed by atoms with E-state index in [2.05, 4.69) is 21.7 Å². The first-order valence-electron chi connectivity index (χ1n) is 6.14. The van der Waals surface area contributed by atoms with Crippen LogP contribution in [0.1, 0.15) is 0 Å². The molecule has 5 heteroatoms. The molecule has 2 atom stereocenters. The van der Waals surface area contributed by atoms with Crippen LogP contribution in [0.5, 0.6) is 0 Å². The Morgan fingerprint density at radius 1 is 0.875 bits per heavy atom. The van der Waals surface area contributed by atoms with E-state index < -0.39 is 12.2 Å². The number of aliphatic hydroxyl groups is 2. The van der Waals surface area contributed by atoms with Crippen molar-refractivity contribution < 1.29 is 10.2 Å². The number of piperazine rings is 1. The summed E-state index contributed by atoms with van der Waals surface area (Å²) in [6.45, 7) is 7.80. The van der Waals surface area contributed by atoms with E-state index >= 15 is 0 Å². The van der Waals surface area contributed by atoms with Crippen LogP contribution in [0.3, 0.4) is 0 Å². The summed E-state index contributed by atoms with van der Waals surface area (Å²) >= 11 is 0. The second kappa shape index (κ2) is 5.42. The van der Waals surface area contributed by atoms with Crippen LogP contribution in [0.4, 0.5) is 0 Å². The summed E-state index contributed by atoms with van der Waals surface area (Å²) in [5.74, 6) is 0. The zero-order chi connectivity index (χ0) is 11.5. The third kappa shape index (κ3) is 3.15. The number of likely N-dealkylation sites (tertiary alicyclic amines) is 1. The molecule has 2 rings (SSSR count). The topological polar surface area (TPSA) is 50.2 Å². The molecule has 0 aromatic heterocycles. The van der Waals surface area contributed by atoms with Crippen LogP contribution in [0.2, 0.25) is 0 Å². The zero-order valence-corrected chi connectivity index (χ0v) is 10.0. The van der Waals surface area contributed by atoms with Gasteiger partial charge >= 0.3 is 0 Å². The molecule has 0 spiro atoms. The molecule has 0 aromatic rings. The summed E-state index contributed by atoms with van der Waals surface area (Å²) in [6, 6.07) is 0. The first-order valence-corrected chi connectivity index (χ1v) is 6.14. The van der Waals surface area contributed by atoms with Crippen molar-refractivity contribution in [1.29, 1.82) is 0 Å². The van der Waals surface area contributed by atoms with Crippen LogP contribution in [-0.4, -0.2) is 96.5 Å². The van der Waals surface area contributed by atoms with Gasteiger partial charge in [-0.25, -0.2) is 0 Å². The lowest BCUT2D eigenvalue weighted by Crippen LogP contribution is -2.46. The Hall–Kier alpha value is -0.200. The van der Waals surface area contributed by atoms with Crippen LogP contribution in [0.25, 0.3) is 0 Å².